The third kappa shape index (κ3) is 3.39. The van der Waals surface area contributed by atoms with E-state index < -0.39 is 27.6 Å². The van der Waals surface area contributed by atoms with Gasteiger partial charge in [-0.25, -0.2) is 8.42 Å². The van der Waals surface area contributed by atoms with Crippen molar-refractivity contribution in [2.45, 2.75) is 19.3 Å². The molecule has 0 aromatic carbocycles. The molecule has 1 fully saturated rings. The third-order valence-corrected chi connectivity index (χ3v) is 5.65. The first-order chi connectivity index (χ1) is 9.41. The van der Waals surface area contributed by atoms with Crippen LogP contribution in [0.4, 0.5) is 0 Å². The third-order valence-electron chi connectivity index (χ3n) is 3.93. The zero-order valence-electron chi connectivity index (χ0n) is 11.2. The number of carboxylic acid groups (broad SMARTS) is 1. The van der Waals surface area contributed by atoms with E-state index in [9.17, 15) is 23.1 Å². The van der Waals surface area contributed by atoms with E-state index in [0.717, 1.165) is 0 Å². The molecule has 1 aliphatic carbocycles. The van der Waals surface area contributed by atoms with Crippen LogP contribution in [0.25, 0.3) is 0 Å². The number of allylic oxidation sites excluding steroid dienone is 2. The Hall–Kier alpha value is -1.37. The zero-order valence-corrected chi connectivity index (χ0v) is 12.0. The molecule has 1 saturated heterocycles. The van der Waals surface area contributed by atoms with Crippen molar-refractivity contribution in [2.75, 3.05) is 24.6 Å². The Balaban J connectivity index is 2.10. The highest BCUT2D eigenvalue weighted by molar-refractivity contribution is 7.91. The quantitative estimate of drug-likeness (QED) is 0.741. The number of carbonyl (C=O) groups excluding carboxylic acids is 1. The van der Waals surface area contributed by atoms with Crippen LogP contribution in [-0.2, 0) is 19.4 Å². The molecular formula is C13H19NO5S. The Morgan fingerprint density at radius 2 is 1.70 bits per heavy atom. The fourth-order valence-corrected chi connectivity index (χ4v) is 4.03. The van der Waals surface area contributed by atoms with Gasteiger partial charge in [-0.3, -0.25) is 9.59 Å². The van der Waals surface area contributed by atoms with Gasteiger partial charge in [0.05, 0.1) is 23.3 Å². The molecule has 0 saturated carbocycles. The number of hydrogen-bond acceptors (Lipinski definition) is 4. The number of rotatable bonds is 2. The lowest BCUT2D eigenvalue weighted by atomic mass is 9.82. The molecular weight excluding hydrogens is 282 g/mol. The van der Waals surface area contributed by atoms with Gasteiger partial charge in [0.15, 0.2) is 9.84 Å². The summed E-state index contributed by atoms with van der Waals surface area (Å²) in [5.74, 6) is -2.39. The predicted molar refractivity (Wildman–Crippen MR) is 72.8 cm³/mol. The van der Waals surface area contributed by atoms with E-state index >= 15 is 0 Å². The van der Waals surface area contributed by atoms with Crippen LogP contribution in [0, 0.1) is 11.8 Å². The predicted octanol–water partition coefficient (Wildman–Crippen LogP) is 0.301. The van der Waals surface area contributed by atoms with Gasteiger partial charge >= 0.3 is 5.97 Å². The van der Waals surface area contributed by atoms with Gasteiger partial charge in [-0.05, 0) is 19.3 Å². The van der Waals surface area contributed by atoms with Crippen molar-refractivity contribution in [3.63, 3.8) is 0 Å². The second kappa shape index (κ2) is 5.95. The van der Waals surface area contributed by atoms with Gasteiger partial charge in [0.1, 0.15) is 0 Å². The van der Waals surface area contributed by atoms with Gasteiger partial charge in [-0.2, -0.15) is 0 Å². The first-order valence-electron chi connectivity index (χ1n) is 6.78. The van der Waals surface area contributed by atoms with Crippen molar-refractivity contribution in [2.24, 2.45) is 11.8 Å². The van der Waals surface area contributed by atoms with Crippen LogP contribution >= 0.6 is 0 Å². The zero-order chi connectivity index (χ0) is 14.8. The van der Waals surface area contributed by atoms with Crippen molar-refractivity contribution >= 4 is 21.7 Å². The molecule has 1 heterocycles. The van der Waals surface area contributed by atoms with Crippen molar-refractivity contribution in [1.29, 1.82) is 0 Å². The summed E-state index contributed by atoms with van der Waals surface area (Å²) in [5, 5.41) is 9.19. The summed E-state index contributed by atoms with van der Waals surface area (Å²) in [6.45, 7) is 0.568. The summed E-state index contributed by atoms with van der Waals surface area (Å²) < 4.78 is 23.1. The molecule has 0 spiro atoms. The van der Waals surface area contributed by atoms with Crippen molar-refractivity contribution in [3.8, 4) is 0 Å². The lowest BCUT2D eigenvalue weighted by Gasteiger charge is -2.30. The Morgan fingerprint density at radius 1 is 1.05 bits per heavy atom. The van der Waals surface area contributed by atoms with Crippen molar-refractivity contribution < 1.29 is 23.1 Å². The number of aliphatic carboxylic acids is 1. The van der Waals surface area contributed by atoms with Crippen LogP contribution in [0.5, 0.6) is 0 Å². The summed E-state index contributed by atoms with van der Waals surface area (Å²) in [5.41, 5.74) is 0. The van der Waals surface area contributed by atoms with Crippen molar-refractivity contribution in [1.82, 2.24) is 4.90 Å². The van der Waals surface area contributed by atoms with Crippen molar-refractivity contribution in [3.05, 3.63) is 12.2 Å². The molecule has 2 atom stereocenters. The standard InChI is InChI=1S/C13H19NO5S/c15-12(10-4-1-2-5-11(10)13(16)17)14-6-3-8-20(18,19)9-7-14/h1-2,10-11H,3-9H2,(H,16,17). The summed E-state index contributed by atoms with van der Waals surface area (Å²) in [6.07, 6.45) is 4.82. The molecule has 7 heteroatoms. The van der Waals surface area contributed by atoms with E-state index in [2.05, 4.69) is 0 Å². The Kier molecular flexibility index (Phi) is 4.47. The van der Waals surface area contributed by atoms with Crippen LogP contribution in [0.1, 0.15) is 19.3 Å². The monoisotopic (exact) mass is 301 g/mol. The van der Waals surface area contributed by atoms with E-state index in [-0.39, 0.29) is 24.0 Å². The summed E-state index contributed by atoms with van der Waals surface area (Å²) in [4.78, 5) is 25.2. The largest absolute Gasteiger partial charge is 0.481 e. The number of carboxylic acids is 1. The minimum absolute atomic E-state index is 0.0287. The minimum atomic E-state index is -3.07. The van der Waals surface area contributed by atoms with Gasteiger partial charge in [0.2, 0.25) is 5.91 Å². The fourth-order valence-electron chi connectivity index (χ4n) is 2.75. The molecule has 1 N–H and O–H groups in total. The Morgan fingerprint density at radius 3 is 2.35 bits per heavy atom. The normalized spacial score (nSPS) is 29.7. The summed E-state index contributed by atoms with van der Waals surface area (Å²) in [6, 6.07) is 0. The van der Waals surface area contributed by atoms with Crippen LogP contribution in [-0.4, -0.2) is 54.9 Å². The maximum absolute atomic E-state index is 12.5. The maximum atomic E-state index is 12.5. The van der Waals surface area contributed by atoms with Crippen LogP contribution in [0.15, 0.2) is 12.2 Å². The number of carbonyl (C=O) groups is 2. The molecule has 1 amide bonds. The number of hydrogen-bond donors (Lipinski definition) is 1. The molecule has 1 aliphatic heterocycles. The number of nitrogens with zero attached hydrogens (tertiary/aromatic N) is 1. The van der Waals surface area contributed by atoms with E-state index in [1.54, 1.807) is 6.08 Å². The van der Waals surface area contributed by atoms with E-state index in [1.165, 1.54) is 4.90 Å². The smallest absolute Gasteiger partial charge is 0.307 e. The highest BCUT2D eigenvalue weighted by Gasteiger charge is 2.37. The molecule has 0 bridgehead atoms. The van der Waals surface area contributed by atoms with Crippen LogP contribution in [0.2, 0.25) is 0 Å². The van der Waals surface area contributed by atoms with E-state index in [1.807, 2.05) is 6.08 Å². The van der Waals surface area contributed by atoms with Gasteiger partial charge in [-0.15, -0.1) is 0 Å². The molecule has 0 radical (unpaired) electrons. The second-order valence-corrected chi connectivity index (χ2v) is 7.63. The lowest BCUT2D eigenvalue weighted by Crippen LogP contribution is -2.43. The highest BCUT2D eigenvalue weighted by atomic mass is 32.2. The molecule has 2 rings (SSSR count). The van der Waals surface area contributed by atoms with Gasteiger partial charge in [0, 0.05) is 13.1 Å². The van der Waals surface area contributed by atoms with Gasteiger partial charge in [0.25, 0.3) is 0 Å². The molecule has 6 nitrogen and oxygen atoms in total. The average Bonchev–Trinajstić information content (AvgIpc) is 2.59. The second-order valence-electron chi connectivity index (χ2n) is 5.32. The summed E-state index contributed by atoms with van der Waals surface area (Å²) >= 11 is 0. The lowest BCUT2D eigenvalue weighted by molar-refractivity contribution is -0.150. The minimum Gasteiger partial charge on any atom is -0.481 e. The SMILES string of the molecule is O=C(O)C1CC=CCC1C(=O)N1CCCS(=O)(=O)CC1. The molecule has 112 valence electrons. The number of sulfone groups is 1. The fraction of sp³-hybridized carbons (Fsp3) is 0.692. The van der Waals surface area contributed by atoms with Gasteiger partial charge < -0.3 is 10.0 Å². The molecule has 20 heavy (non-hydrogen) atoms. The van der Waals surface area contributed by atoms with E-state index in [4.69, 9.17) is 0 Å². The molecule has 2 unspecified atom stereocenters. The first-order valence-corrected chi connectivity index (χ1v) is 8.60. The first kappa shape index (κ1) is 15.0. The van der Waals surface area contributed by atoms with Gasteiger partial charge in [-0.1, -0.05) is 12.2 Å². The van der Waals surface area contributed by atoms with E-state index in [0.29, 0.717) is 25.8 Å². The van der Waals surface area contributed by atoms with Crippen LogP contribution < -0.4 is 0 Å². The maximum Gasteiger partial charge on any atom is 0.307 e. The number of amides is 1. The highest BCUT2D eigenvalue weighted by Crippen LogP contribution is 2.28. The molecule has 0 aromatic heterocycles. The molecule has 2 aliphatic rings. The topological polar surface area (TPSA) is 91.8 Å². The molecule has 0 aromatic rings. The average molecular weight is 301 g/mol. The Labute approximate surface area is 118 Å². The summed E-state index contributed by atoms with van der Waals surface area (Å²) in [7, 11) is -3.07. The van der Waals surface area contributed by atoms with Crippen LogP contribution in [0.3, 0.4) is 0 Å². The Bertz CT molecular complexity index is 525.